The molecule has 25 heavy (non-hydrogen) atoms. The zero-order valence-corrected chi connectivity index (χ0v) is 16.4. The molecule has 1 aromatic carbocycles. The summed E-state index contributed by atoms with van der Waals surface area (Å²) in [6.45, 7) is 4.12. The van der Waals surface area contributed by atoms with Gasteiger partial charge in [0.25, 0.3) is 0 Å². The Morgan fingerprint density at radius 2 is 1.84 bits per heavy atom. The van der Waals surface area contributed by atoms with Gasteiger partial charge in [0.2, 0.25) is 5.91 Å². The molecule has 1 unspecified atom stereocenters. The first kappa shape index (κ1) is 18.4. The van der Waals surface area contributed by atoms with Gasteiger partial charge in [0, 0.05) is 44.1 Å². The van der Waals surface area contributed by atoms with E-state index in [1.807, 2.05) is 26.2 Å². The zero-order valence-electron chi connectivity index (χ0n) is 14.9. The van der Waals surface area contributed by atoms with Crippen molar-refractivity contribution < 1.29 is 9.59 Å². The van der Waals surface area contributed by atoms with Crippen molar-refractivity contribution in [2.45, 2.75) is 39.0 Å². The third kappa shape index (κ3) is 3.23. The number of ketones is 1. The Kier molecular flexibility index (Phi) is 4.73. The van der Waals surface area contributed by atoms with Crippen molar-refractivity contribution in [1.29, 1.82) is 0 Å². The molecule has 1 amide bonds. The van der Waals surface area contributed by atoms with Gasteiger partial charge in [-0.15, -0.1) is 0 Å². The summed E-state index contributed by atoms with van der Waals surface area (Å²) in [7, 11) is 3.64. The molecule has 0 N–H and O–H groups in total. The molecule has 3 rings (SSSR count). The van der Waals surface area contributed by atoms with Crippen LogP contribution < -0.4 is 0 Å². The van der Waals surface area contributed by atoms with Crippen LogP contribution in [0.15, 0.2) is 29.5 Å². The number of hydrazine groups is 1. The fraction of sp³-hybridized carbons (Fsp3) is 0.474. The zero-order chi connectivity index (χ0) is 18.5. The van der Waals surface area contributed by atoms with E-state index in [4.69, 9.17) is 23.2 Å². The number of halogens is 2. The Hall–Kier alpha value is -1.36. The standard InChI is InChI=1S/C19H22Cl2N2O2/c1-19(2)9-14-17(15(24)10-19)12(8-16(25)23(14)22(3)4)11-6-5-7-13(20)18(11)21/h5-7,12H,8-10H2,1-4H3. The summed E-state index contributed by atoms with van der Waals surface area (Å²) in [5, 5.41) is 4.25. The third-order valence-electron chi connectivity index (χ3n) is 4.87. The monoisotopic (exact) mass is 380 g/mol. The van der Waals surface area contributed by atoms with Gasteiger partial charge in [-0.25, -0.2) is 10.0 Å². The number of carbonyl (C=O) groups excluding carboxylic acids is 2. The number of hydrogen-bond acceptors (Lipinski definition) is 3. The second kappa shape index (κ2) is 6.42. The van der Waals surface area contributed by atoms with E-state index in [0.717, 1.165) is 11.3 Å². The van der Waals surface area contributed by atoms with Gasteiger partial charge in [-0.1, -0.05) is 49.2 Å². The molecule has 4 nitrogen and oxygen atoms in total. The van der Waals surface area contributed by atoms with Crippen molar-refractivity contribution >= 4 is 34.9 Å². The Morgan fingerprint density at radius 1 is 1.16 bits per heavy atom. The minimum absolute atomic E-state index is 0.0321. The molecule has 0 saturated heterocycles. The Balaban J connectivity index is 2.21. The summed E-state index contributed by atoms with van der Waals surface area (Å²) in [5.74, 6) is -0.282. The van der Waals surface area contributed by atoms with Crippen LogP contribution in [0.2, 0.25) is 10.0 Å². The van der Waals surface area contributed by atoms with Crippen LogP contribution in [0.3, 0.4) is 0 Å². The van der Waals surface area contributed by atoms with E-state index in [1.54, 1.807) is 16.1 Å². The number of hydrogen-bond donors (Lipinski definition) is 0. The normalized spacial score (nSPS) is 23.3. The highest BCUT2D eigenvalue weighted by Gasteiger charge is 2.45. The van der Waals surface area contributed by atoms with Crippen LogP contribution >= 0.6 is 23.2 Å². The molecule has 2 aliphatic rings. The second-order valence-corrected chi connectivity index (χ2v) is 8.54. The largest absolute Gasteiger partial charge is 0.294 e. The van der Waals surface area contributed by atoms with Crippen molar-refractivity contribution in [3.8, 4) is 0 Å². The summed E-state index contributed by atoms with van der Waals surface area (Å²) in [6, 6.07) is 5.38. The quantitative estimate of drug-likeness (QED) is 0.761. The first-order valence-corrected chi connectivity index (χ1v) is 9.08. The van der Waals surface area contributed by atoms with Gasteiger partial charge in [0.05, 0.1) is 10.0 Å². The molecule has 134 valence electrons. The Labute approximate surface area is 158 Å². The van der Waals surface area contributed by atoms with Crippen LogP contribution in [0.4, 0.5) is 0 Å². The fourth-order valence-electron chi connectivity index (χ4n) is 3.92. The van der Waals surface area contributed by atoms with Gasteiger partial charge in [0.1, 0.15) is 0 Å². The van der Waals surface area contributed by atoms with Crippen molar-refractivity contribution in [1.82, 2.24) is 10.0 Å². The smallest absolute Gasteiger partial charge is 0.242 e. The maximum atomic E-state index is 13.0. The number of benzene rings is 1. The number of Topliss-reactive ketones (excluding diaryl/α,β-unsaturated/α-hetero) is 1. The third-order valence-corrected chi connectivity index (χ3v) is 5.71. The van der Waals surface area contributed by atoms with Gasteiger partial charge < -0.3 is 0 Å². The van der Waals surface area contributed by atoms with Gasteiger partial charge in [0.15, 0.2) is 5.78 Å². The molecule has 0 bridgehead atoms. The Bertz CT molecular complexity index is 784. The van der Waals surface area contributed by atoms with Crippen molar-refractivity contribution in [2.75, 3.05) is 14.1 Å². The molecule has 0 fully saturated rings. The molecule has 0 spiro atoms. The van der Waals surface area contributed by atoms with E-state index in [0.29, 0.717) is 28.5 Å². The summed E-state index contributed by atoms with van der Waals surface area (Å²) in [4.78, 5) is 25.9. The van der Waals surface area contributed by atoms with E-state index in [1.165, 1.54) is 0 Å². The molecule has 0 saturated carbocycles. The van der Waals surface area contributed by atoms with E-state index < -0.39 is 0 Å². The number of amides is 1. The highest BCUT2D eigenvalue weighted by molar-refractivity contribution is 6.42. The lowest BCUT2D eigenvalue weighted by Gasteiger charge is -2.44. The Morgan fingerprint density at radius 3 is 2.48 bits per heavy atom. The second-order valence-electron chi connectivity index (χ2n) is 7.75. The van der Waals surface area contributed by atoms with Crippen LogP contribution in [0.25, 0.3) is 0 Å². The lowest BCUT2D eigenvalue weighted by Crippen LogP contribution is -2.49. The maximum Gasteiger partial charge on any atom is 0.242 e. The molecule has 0 aromatic heterocycles. The van der Waals surface area contributed by atoms with Crippen molar-refractivity contribution in [3.63, 3.8) is 0 Å². The van der Waals surface area contributed by atoms with E-state index in [2.05, 4.69) is 13.8 Å². The molecule has 6 heteroatoms. The molecule has 1 heterocycles. The summed E-state index contributed by atoms with van der Waals surface area (Å²) >= 11 is 12.6. The van der Waals surface area contributed by atoms with E-state index in [-0.39, 0.29) is 29.4 Å². The minimum Gasteiger partial charge on any atom is -0.294 e. The van der Waals surface area contributed by atoms with E-state index >= 15 is 0 Å². The first-order chi connectivity index (χ1) is 11.6. The topological polar surface area (TPSA) is 40.6 Å². The van der Waals surface area contributed by atoms with Crippen LogP contribution in [0, 0.1) is 5.41 Å². The molecule has 1 aliphatic carbocycles. The lowest BCUT2D eigenvalue weighted by atomic mass is 9.69. The molecule has 0 radical (unpaired) electrons. The number of allylic oxidation sites excluding steroid dienone is 2. The summed E-state index contributed by atoms with van der Waals surface area (Å²) in [6.07, 6.45) is 1.35. The fourth-order valence-corrected chi connectivity index (χ4v) is 4.36. The lowest BCUT2D eigenvalue weighted by molar-refractivity contribution is -0.143. The highest BCUT2D eigenvalue weighted by Crippen LogP contribution is 2.48. The van der Waals surface area contributed by atoms with Crippen LogP contribution in [0.1, 0.15) is 44.6 Å². The molecular weight excluding hydrogens is 359 g/mol. The number of rotatable bonds is 2. The number of nitrogens with zero attached hydrogens (tertiary/aromatic N) is 2. The highest BCUT2D eigenvalue weighted by atomic mass is 35.5. The first-order valence-electron chi connectivity index (χ1n) is 8.33. The van der Waals surface area contributed by atoms with Crippen molar-refractivity contribution in [2.24, 2.45) is 5.41 Å². The number of carbonyl (C=O) groups is 2. The SMILES string of the molecule is CN(C)N1C(=O)CC(c2cccc(Cl)c2Cl)C2=C1CC(C)(C)CC2=O. The van der Waals surface area contributed by atoms with E-state index in [9.17, 15) is 9.59 Å². The minimum atomic E-state index is -0.339. The van der Waals surface area contributed by atoms with Gasteiger partial charge >= 0.3 is 0 Å². The molecule has 1 aromatic rings. The molecule has 1 aliphatic heterocycles. The van der Waals surface area contributed by atoms with Crippen LogP contribution in [-0.4, -0.2) is 35.8 Å². The summed E-state index contributed by atoms with van der Waals surface area (Å²) in [5.41, 5.74) is 2.08. The van der Waals surface area contributed by atoms with Gasteiger partial charge in [-0.3, -0.25) is 9.59 Å². The van der Waals surface area contributed by atoms with Gasteiger partial charge in [-0.2, -0.15) is 0 Å². The average molecular weight is 381 g/mol. The average Bonchev–Trinajstić information content (AvgIpc) is 2.47. The van der Waals surface area contributed by atoms with Crippen molar-refractivity contribution in [3.05, 3.63) is 45.1 Å². The summed E-state index contributed by atoms with van der Waals surface area (Å²) < 4.78 is 0. The predicted molar refractivity (Wildman–Crippen MR) is 99.4 cm³/mol. The van der Waals surface area contributed by atoms with Crippen LogP contribution in [-0.2, 0) is 9.59 Å². The molecule has 1 atom stereocenters. The molecular formula is C19H22Cl2N2O2. The van der Waals surface area contributed by atoms with Gasteiger partial charge in [-0.05, 0) is 23.5 Å². The van der Waals surface area contributed by atoms with Crippen LogP contribution in [0.5, 0.6) is 0 Å². The maximum absolute atomic E-state index is 13.0. The predicted octanol–water partition coefficient (Wildman–Crippen LogP) is 4.43.